The van der Waals surface area contributed by atoms with E-state index in [0.717, 1.165) is 5.69 Å². The van der Waals surface area contributed by atoms with Gasteiger partial charge >= 0.3 is 5.97 Å². The number of unbranched alkanes of at least 4 members (excludes halogenated alkanes) is 1. The molecule has 33 heavy (non-hydrogen) atoms. The summed E-state index contributed by atoms with van der Waals surface area (Å²) in [5.74, 6) is -2.74. The maximum absolute atomic E-state index is 12.2. The fraction of sp³-hybridized carbons (Fsp3) is 0.476. The molecule has 2 atom stereocenters. The molecular weight excluding hydrogens is 432 g/mol. The van der Waals surface area contributed by atoms with Gasteiger partial charge in [-0.2, -0.15) is 0 Å². The average molecular weight is 465 g/mol. The molecule has 12 nitrogen and oxygen atoms in total. The van der Waals surface area contributed by atoms with Gasteiger partial charge in [-0.25, -0.2) is 4.79 Å². The van der Waals surface area contributed by atoms with Crippen LogP contribution in [0.15, 0.2) is 24.3 Å². The monoisotopic (exact) mass is 464 g/mol. The first-order chi connectivity index (χ1) is 15.8. The van der Waals surface area contributed by atoms with Gasteiger partial charge in [-0.1, -0.05) is 0 Å². The SMILES string of the molecule is NCCNc1ccc(C(=O)NCCCC[C@H](NC(=O)CCC(NC=O)C(=O)O)C(N)=O)cc1. The lowest BCUT2D eigenvalue weighted by atomic mass is 10.1. The van der Waals surface area contributed by atoms with E-state index in [-0.39, 0.29) is 31.6 Å². The number of hydrogen-bond donors (Lipinski definition) is 7. The van der Waals surface area contributed by atoms with E-state index < -0.39 is 29.9 Å². The van der Waals surface area contributed by atoms with Crippen molar-refractivity contribution in [3.05, 3.63) is 29.8 Å². The van der Waals surface area contributed by atoms with E-state index in [1.165, 1.54) is 0 Å². The quantitative estimate of drug-likeness (QED) is 0.111. The lowest BCUT2D eigenvalue weighted by Crippen LogP contribution is -2.45. The Labute approximate surface area is 191 Å². The van der Waals surface area contributed by atoms with Crippen molar-refractivity contribution < 1.29 is 29.1 Å². The highest BCUT2D eigenvalue weighted by Crippen LogP contribution is 2.09. The van der Waals surface area contributed by atoms with E-state index in [1.807, 2.05) is 0 Å². The number of anilines is 1. The number of hydrogen-bond acceptors (Lipinski definition) is 7. The van der Waals surface area contributed by atoms with Crippen molar-refractivity contribution in [2.45, 2.75) is 44.2 Å². The van der Waals surface area contributed by atoms with Gasteiger partial charge in [0.05, 0.1) is 0 Å². The lowest BCUT2D eigenvalue weighted by Gasteiger charge is -2.16. The van der Waals surface area contributed by atoms with Crippen LogP contribution in [0.5, 0.6) is 0 Å². The maximum atomic E-state index is 12.2. The van der Waals surface area contributed by atoms with Crippen LogP contribution in [0.3, 0.4) is 0 Å². The van der Waals surface area contributed by atoms with Crippen LogP contribution in [0, 0.1) is 0 Å². The van der Waals surface area contributed by atoms with Crippen LogP contribution in [0.4, 0.5) is 5.69 Å². The van der Waals surface area contributed by atoms with Crippen molar-refractivity contribution in [2.75, 3.05) is 25.0 Å². The third-order valence-corrected chi connectivity index (χ3v) is 4.73. The van der Waals surface area contributed by atoms with Gasteiger partial charge in [0.25, 0.3) is 5.91 Å². The third kappa shape index (κ3) is 11.0. The van der Waals surface area contributed by atoms with Crippen LogP contribution < -0.4 is 32.7 Å². The zero-order valence-electron chi connectivity index (χ0n) is 18.3. The fourth-order valence-electron chi connectivity index (χ4n) is 2.92. The Morgan fingerprint density at radius 3 is 2.27 bits per heavy atom. The minimum atomic E-state index is -1.26. The summed E-state index contributed by atoms with van der Waals surface area (Å²) >= 11 is 0. The van der Waals surface area contributed by atoms with Gasteiger partial charge in [-0.15, -0.1) is 0 Å². The number of carboxylic acid groups (broad SMARTS) is 1. The van der Waals surface area contributed by atoms with Crippen molar-refractivity contribution >= 4 is 35.8 Å². The Morgan fingerprint density at radius 2 is 1.70 bits per heavy atom. The molecule has 0 bridgehead atoms. The predicted molar refractivity (Wildman–Crippen MR) is 121 cm³/mol. The number of carbonyl (C=O) groups excluding carboxylic acids is 4. The van der Waals surface area contributed by atoms with E-state index in [1.54, 1.807) is 24.3 Å². The molecule has 0 aliphatic heterocycles. The van der Waals surface area contributed by atoms with E-state index >= 15 is 0 Å². The molecule has 0 saturated heterocycles. The number of amides is 4. The molecule has 182 valence electrons. The van der Waals surface area contributed by atoms with Gasteiger partial charge in [0.15, 0.2) is 0 Å². The van der Waals surface area contributed by atoms with Crippen molar-refractivity contribution in [1.82, 2.24) is 16.0 Å². The topological polar surface area (TPSA) is 206 Å². The molecule has 1 rings (SSSR count). The van der Waals surface area contributed by atoms with Gasteiger partial charge in [0, 0.05) is 37.3 Å². The van der Waals surface area contributed by atoms with Crippen molar-refractivity contribution in [3.8, 4) is 0 Å². The number of carboxylic acids is 1. The smallest absolute Gasteiger partial charge is 0.326 e. The first kappa shape index (κ1) is 27.4. The number of aliphatic carboxylic acids is 1. The summed E-state index contributed by atoms with van der Waals surface area (Å²) in [7, 11) is 0. The normalized spacial score (nSPS) is 12.2. The minimum Gasteiger partial charge on any atom is -0.480 e. The van der Waals surface area contributed by atoms with E-state index in [4.69, 9.17) is 16.6 Å². The highest BCUT2D eigenvalue weighted by atomic mass is 16.4. The number of primary amides is 1. The molecule has 0 heterocycles. The summed E-state index contributed by atoms with van der Waals surface area (Å²) < 4.78 is 0. The summed E-state index contributed by atoms with van der Waals surface area (Å²) in [6, 6.07) is 4.88. The predicted octanol–water partition coefficient (Wildman–Crippen LogP) is -1.09. The van der Waals surface area contributed by atoms with Crippen molar-refractivity contribution in [3.63, 3.8) is 0 Å². The summed E-state index contributed by atoms with van der Waals surface area (Å²) in [6.07, 6.45) is 1.27. The molecule has 4 amide bonds. The van der Waals surface area contributed by atoms with Crippen LogP contribution in [-0.4, -0.2) is 66.9 Å². The Hall–Kier alpha value is -3.67. The number of benzene rings is 1. The molecular formula is C21H32N6O6. The molecule has 12 heteroatoms. The molecule has 0 spiro atoms. The van der Waals surface area contributed by atoms with Gasteiger partial charge in [0.1, 0.15) is 12.1 Å². The highest BCUT2D eigenvalue weighted by Gasteiger charge is 2.21. The van der Waals surface area contributed by atoms with Gasteiger partial charge in [-0.05, 0) is 49.9 Å². The molecule has 0 aromatic heterocycles. The van der Waals surface area contributed by atoms with E-state index in [9.17, 15) is 24.0 Å². The van der Waals surface area contributed by atoms with Gasteiger partial charge < -0.3 is 37.8 Å². The Kier molecular flexibility index (Phi) is 12.6. The minimum absolute atomic E-state index is 0.124. The second kappa shape index (κ2) is 15.2. The molecule has 0 fully saturated rings. The number of carbonyl (C=O) groups is 5. The second-order valence-electron chi connectivity index (χ2n) is 7.28. The maximum Gasteiger partial charge on any atom is 0.326 e. The zero-order valence-corrected chi connectivity index (χ0v) is 18.3. The van der Waals surface area contributed by atoms with Crippen LogP contribution >= 0.6 is 0 Å². The average Bonchev–Trinajstić information content (AvgIpc) is 2.79. The molecule has 0 aliphatic rings. The molecule has 1 unspecified atom stereocenters. The summed E-state index contributed by atoms with van der Waals surface area (Å²) in [5.41, 5.74) is 12.1. The zero-order chi connectivity index (χ0) is 24.6. The summed E-state index contributed by atoms with van der Waals surface area (Å²) in [6.45, 7) is 1.52. The van der Waals surface area contributed by atoms with Crippen LogP contribution in [0.2, 0.25) is 0 Å². The highest BCUT2D eigenvalue weighted by molar-refractivity contribution is 5.94. The van der Waals surface area contributed by atoms with Crippen LogP contribution in [0.25, 0.3) is 0 Å². The first-order valence-electron chi connectivity index (χ1n) is 10.6. The largest absolute Gasteiger partial charge is 0.480 e. The van der Waals surface area contributed by atoms with Crippen LogP contribution in [-0.2, 0) is 19.2 Å². The molecule has 0 saturated carbocycles. The fourth-order valence-corrected chi connectivity index (χ4v) is 2.92. The Morgan fingerprint density at radius 1 is 1.00 bits per heavy atom. The molecule has 1 aromatic rings. The van der Waals surface area contributed by atoms with Crippen molar-refractivity contribution in [1.29, 1.82) is 0 Å². The van der Waals surface area contributed by atoms with Gasteiger partial charge in [-0.3, -0.25) is 19.2 Å². The first-order valence-corrected chi connectivity index (χ1v) is 10.6. The molecule has 1 aromatic carbocycles. The summed E-state index contributed by atoms with van der Waals surface area (Å²) in [4.78, 5) is 57.2. The molecule has 0 radical (unpaired) electrons. The number of rotatable bonds is 17. The lowest BCUT2D eigenvalue weighted by molar-refractivity contribution is -0.141. The molecule has 9 N–H and O–H groups in total. The second-order valence-corrected chi connectivity index (χ2v) is 7.28. The number of nitrogens with one attached hydrogen (secondary N) is 4. The Bertz CT molecular complexity index is 801. The van der Waals surface area contributed by atoms with Crippen LogP contribution in [0.1, 0.15) is 42.5 Å². The number of nitrogens with two attached hydrogens (primary N) is 2. The van der Waals surface area contributed by atoms with E-state index in [2.05, 4.69) is 21.3 Å². The van der Waals surface area contributed by atoms with Gasteiger partial charge in [0.2, 0.25) is 18.2 Å². The third-order valence-electron chi connectivity index (χ3n) is 4.73. The van der Waals surface area contributed by atoms with Crippen molar-refractivity contribution in [2.24, 2.45) is 11.5 Å². The molecule has 0 aliphatic carbocycles. The standard InChI is InChI=1S/C21H32N6O6/c22-10-12-24-15-6-4-14(5-7-15)20(31)25-11-2-1-3-16(19(23)30)27-18(29)9-8-17(21(32)33)26-13-28/h4-7,13,16-17,24H,1-3,8-12,22H2,(H2,23,30)(H,25,31)(H,26,28)(H,27,29)(H,32,33)/t16-,17?/m0/s1. The summed E-state index contributed by atoms with van der Waals surface area (Å²) in [5, 5.41) is 19.4. The van der Waals surface area contributed by atoms with E-state index in [0.29, 0.717) is 38.0 Å². The Balaban J connectivity index is 2.35.